The standard InChI is InChI=1S/C13H17N5S/c1-8-12(9(2)17-16-8)11-6-15-13(14)18(11)7-10-4-3-5-19-10/h3-5,11H,6-7H2,1-2H3,(H2,14,15)(H,16,17). The number of aromatic amines is 1. The van der Waals surface area contributed by atoms with Crippen molar-refractivity contribution in [1.29, 1.82) is 0 Å². The molecule has 2 aromatic heterocycles. The highest BCUT2D eigenvalue weighted by atomic mass is 32.1. The minimum absolute atomic E-state index is 0.195. The average molecular weight is 275 g/mol. The van der Waals surface area contributed by atoms with E-state index in [9.17, 15) is 0 Å². The van der Waals surface area contributed by atoms with Gasteiger partial charge in [0.15, 0.2) is 5.96 Å². The molecule has 5 nitrogen and oxygen atoms in total. The molecule has 1 aliphatic rings. The van der Waals surface area contributed by atoms with Gasteiger partial charge in [-0.3, -0.25) is 10.1 Å². The Balaban J connectivity index is 1.90. The summed E-state index contributed by atoms with van der Waals surface area (Å²) < 4.78 is 0. The highest BCUT2D eigenvalue weighted by molar-refractivity contribution is 7.09. The molecule has 3 N–H and O–H groups in total. The second-order valence-electron chi connectivity index (χ2n) is 4.77. The molecule has 0 radical (unpaired) electrons. The molecule has 6 heteroatoms. The Morgan fingerprint density at radius 1 is 1.53 bits per heavy atom. The van der Waals surface area contributed by atoms with Gasteiger partial charge in [-0.1, -0.05) is 6.07 Å². The lowest BCUT2D eigenvalue weighted by molar-refractivity contribution is 0.341. The van der Waals surface area contributed by atoms with E-state index in [2.05, 4.69) is 37.6 Å². The van der Waals surface area contributed by atoms with Gasteiger partial charge in [-0.05, 0) is 25.3 Å². The Morgan fingerprint density at radius 2 is 2.37 bits per heavy atom. The predicted octanol–water partition coefficient (Wildman–Crippen LogP) is 1.96. The first-order valence-electron chi connectivity index (χ1n) is 6.27. The van der Waals surface area contributed by atoms with E-state index in [1.807, 2.05) is 13.8 Å². The summed E-state index contributed by atoms with van der Waals surface area (Å²) in [5, 5.41) is 9.40. The first kappa shape index (κ1) is 12.2. The largest absolute Gasteiger partial charge is 0.370 e. The number of aromatic nitrogens is 2. The average Bonchev–Trinajstić information content (AvgIpc) is 3.07. The van der Waals surface area contributed by atoms with Gasteiger partial charge in [0.1, 0.15) is 0 Å². The van der Waals surface area contributed by atoms with Crippen molar-refractivity contribution >= 4 is 17.3 Å². The third-order valence-electron chi connectivity index (χ3n) is 3.52. The third-order valence-corrected chi connectivity index (χ3v) is 4.38. The fraction of sp³-hybridized carbons (Fsp3) is 0.385. The van der Waals surface area contributed by atoms with E-state index >= 15 is 0 Å². The topological polar surface area (TPSA) is 70.3 Å². The molecule has 3 heterocycles. The lowest BCUT2D eigenvalue weighted by Gasteiger charge is -2.26. The summed E-state index contributed by atoms with van der Waals surface area (Å²) in [6, 6.07) is 4.38. The maximum absolute atomic E-state index is 6.04. The number of aryl methyl sites for hydroxylation is 2. The summed E-state index contributed by atoms with van der Waals surface area (Å²) in [7, 11) is 0. The number of rotatable bonds is 3. The molecular weight excluding hydrogens is 258 g/mol. The quantitative estimate of drug-likeness (QED) is 0.899. The van der Waals surface area contributed by atoms with Gasteiger partial charge in [0.2, 0.25) is 0 Å². The van der Waals surface area contributed by atoms with Gasteiger partial charge in [0.25, 0.3) is 0 Å². The maximum atomic E-state index is 6.04. The van der Waals surface area contributed by atoms with Crippen LogP contribution < -0.4 is 5.73 Å². The Hall–Kier alpha value is -1.82. The van der Waals surface area contributed by atoms with Crippen LogP contribution in [0.1, 0.15) is 27.9 Å². The number of nitrogens with one attached hydrogen (secondary N) is 1. The van der Waals surface area contributed by atoms with E-state index in [0.717, 1.165) is 17.9 Å². The van der Waals surface area contributed by atoms with Crippen LogP contribution in [0, 0.1) is 13.8 Å². The lowest BCUT2D eigenvalue weighted by Crippen LogP contribution is -2.35. The number of H-pyrrole nitrogens is 1. The molecule has 0 saturated heterocycles. The molecule has 1 atom stereocenters. The van der Waals surface area contributed by atoms with Crippen molar-refractivity contribution in [3.05, 3.63) is 39.3 Å². The fourth-order valence-corrected chi connectivity index (χ4v) is 3.29. The molecule has 0 bridgehead atoms. The predicted molar refractivity (Wildman–Crippen MR) is 77.2 cm³/mol. The van der Waals surface area contributed by atoms with Crippen LogP contribution in [0.2, 0.25) is 0 Å². The van der Waals surface area contributed by atoms with E-state index in [1.54, 1.807) is 11.3 Å². The molecule has 1 unspecified atom stereocenters. The van der Waals surface area contributed by atoms with Crippen molar-refractivity contribution in [3.63, 3.8) is 0 Å². The minimum atomic E-state index is 0.195. The molecule has 19 heavy (non-hydrogen) atoms. The number of hydrogen-bond donors (Lipinski definition) is 2. The van der Waals surface area contributed by atoms with Crippen molar-refractivity contribution < 1.29 is 0 Å². The van der Waals surface area contributed by atoms with Crippen LogP contribution in [0.4, 0.5) is 0 Å². The van der Waals surface area contributed by atoms with E-state index in [0.29, 0.717) is 12.5 Å². The van der Waals surface area contributed by atoms with Gasteiger partial charge < -0.3 is 10.6 Å². The molecular formula is C13H17N5S. The molecule has 0 fully saturated rings. The van der Waals surface area contributed by atoms with E-state index in [1.165, 1.54) is 10.4 Å². The van der Waals surface area contributed by atoms with Crippen LogP contribution in [0.5, 0.6) is 0 Å². The molecule has 0 saturated carbocycles. The molecule has 0 amide bonds. The number of guanidine groups is 1. The number of hydrogen-bond acceptors (Lipinski definition) is 5. The number of nitrogens with zero attached hydrogens (tertiary/aromatic N) is 3. The zero-order chi connectivity index (χ0) is 13.4. The Kier molecular flexibility index (Phi) is 3.02. The van der Waals surface area contributed by atoms with Gasteiger partial charge in [-0.25, -0.2) is 0 Å². The minimum Gasteiger partial charge on any atom is -0.370 e. The van der Waals surface area contributed by atoms with Gasteiger partial charge in [0.05, 0.1) is 24.8 Å². The van der Waals surface area contributed by atoms with E-state index in [-0.39, 0.29) is 6.04 Å². The molecule has 2 aromatic rings. The second-order valence-corrected chi connectivity index (χ2v) is 5.80. The maximum Gasteiger partial charge on any atom is 0.192 e. The summed E-state index contributed by atoms with van der Waals surface area (Å²) in [4.78, 5) is 7.86. The van der Waals surface area contributed by atoms with Crippen LogP contribution >= 0.6 is 11.3 Å². The smallest absolute Gasteiger partial charge is 0.192 e. The first-order valence-corrected chi connectivity index (χ1v) is 7.15. The van der Waals surface area contributed by atoms with E-state index < -0.39 is 0 Å². The van der Waals surface area contributed by atoms with Crippen molar-refractivity contribution in [2.75, 3.05) is 6.54 Å². The van der Waals surface area contributed by atoms with Gasteiger partial charge in [0, 0.05) is 16.1 Å². The lowest BCUT2D eigenvalue weighted by atomic mass is 10.0. The number of nitrogens with two attached hydrogens (primary N) is 1. The van der Waals surface area contributed by atoms with Crippen LogP contribution in [-0.4, -0.2) is 27.6 Å². The van der Waals surface area contributed by atoms with Gasteiger partial charge >= 0.3 is 0 Å². The van der Waals surface area contributed by atoms with Crippen LogP contribution in [0.15, 0.2) is 22.5 Å². The van der Waals surface area contributed by atoms with Crippen LogP contribution in [0.25, 0.3) is 0 Å². The molecule has 3 rings (SSSR count). The van der Waals surface area contributed by atoms with E-state index in [4.69, 9.17) is 5.73 Å². The SMILES string of the molecule is Cc1n[nH]c(C)c1C1CN=C(N)N1Cc1cccs1. The third kappa shape index (κ3) is 2.12. The Morgan fingerprint density at radius 3 is 3.00 bits per heavy atom. The fourth-order valence-electron chi connectivity index (χ4n) is 2.59. The Labute approximate surface area is 116 Å². The van der Waals surface area contributed by atoms with Crippen LogP contribution in [0.3, 0.4) is 0 Å². The molecule has 100 valence electrons. The van der Waals surface area contributed by atoms with Crippen molar-refractivity contribution in [2.45, 2.75) is 26.4 Å². The van der Waals surface area contributed by atoms with Gasteiger partial charge in [-0.2, -0.15) is 5.10 Å². The number of aliphatic imine (C=N–C) groups is 1. The summed E-state index contributed by atoms with van der Waals surface area (Å²) in [6.07, 6.45) is 0. The van der Waals surface area contributed by atoms with Gasteiger partial charge in [-0.15, -0.1) is 11.3 Å². The first-order chi connectivity index (χ1) is 9.16. The zero-order valence-electron chi connectivity index (χ0n) is 11.1. The summed E-state index contributed by atoms with van der Waals surface area (Å²) in [5.41, 5.74) is 9.40. The summed E-state index contributed by atoms with van der Waals surface area (Å²) >= 11 is 1.74. The highest BCUT2D eigenvalue weighted by Crippen LogP contribution is 2.31. The second kappa shape index (κ2) is 4.70. The normalized spacial score (nSPS) is 18.9. The highest BCUT2D eigenvalue weighted by Gasteiger charge is 2.31. The molecule has 0 aliphatic carbocycles. The van der Waals surface area contributed by atoms with Crippen molar-refractivity contribution in [1.82, 2.24) is 15.1 Å². The zero-order valence-corrected chi connectivity index (χ0v) is 11.9. The van der Waals surface area contributed by atoms with Crippen molar-refractivity contribution in [2.24, 2.45) is 10.7 Å². The van der Waals surface area contributed by atoms with Crippen molar-refractivity contribution in [3.8, 4) is 0 Å². The molecule has 0 spiro atoms. The molecule has 0 aromatic carbocycles. The Bertz CT molecular complexity index is 579. The summed E-state index contributed by atoms with van der Waals surface area (Å²) in [5.74, 6) is 0.624. The monoisotopic (exact) mass is 275 g/mol. The summed E-state index contributed by atoms with van der Waals surface area (Å²) in [6.45, 7) is 5.59. The van der Waals surface area contributed by atoms with Crippen LogP contribution in [-0.2, 0) is 6.54 Å². The number of thiophene rings is 1. The molecule has 1 aliphatic heterocycles.